The molecule has 2 aliphatic heterocycles. The van der Waals surface area contributed by atoms with Crippen LogP contribution in [0.1, 0.15) is 17.2 Å². The Labute approximate surface area is 151 Å². The maximum atomic E-state index is 12.5. The average Bonchev–Trinajstić information content (AvgIpc) is 3.15. The van der Waals surface area contributed by atoms with Gasteiger partial charge in [0.2, 0.25) is 12.7 Å². The number of amides is 1. The van der Waals surface area contributed by atoms with Gasteiger partial charge in [0.15, 0.2) is 11.5 Å². The van der Waals surface area contributed by atoms with Gasteiger partial charge in [0.25, 0.3) is 0 Å². The van der Waals surface area contributed by atoms with Gasteiger partial charge in [-0.2, -0.15) is 11.8 Å². The number of benzene rings is 2. The number of ether oxygens (including phenoxy) is 2. The molecule has 25 heavy (non-hydrogen) atoms. The van der Waals surface area contributed by atoms with Crippen LogP contribution in [0.3, 0.4) is 0 Å². The standard InChI is InChI=1S/C19H20N2O3S/c22-19(20-9-13-6-7-17-18(8-13)24-12-23-17)16-11-25-10-15(21-16)14-4-2-1-3-5-14/h1-8,15-16,21H,9-12H2,(H,20,22)/t15?,16-/m0/s1. The number of fused-ring (bicyclic) bond motifs is 1. The molecule has 2 heterocycles. The van der Waals surface area contributed by atoms with E-state index >= 15 is 0 Å². The van der Waals surface area contributed by atoms with Gasteiger partial charge in [-0.05, 0) is 23.3 Å². The monoisotopic (exact) mass is 356 g/mol. The fraction of sp³-hybridized carbons (Fsp3) is 0.316. The lowest BCUT2D eigenvalue weighted by Crippen LogP contribution is -2.50. The quantitative estimate of drug-likeness (QED) is 0.881. The van der Waals surface area contributed by atoms with E-state index in [1.807, 2.05) is 48.2 Å². The summed E-state index contributed by atoms with van der Waals surface area (Å²) >= 11 is 1.81. The van der Waals surface area contributed by atoms with Crippen LogP contribution in [0, 0.1) is 0 Å². The lowest BCUT2D eigenvalue weighted by molar-refractivity contribution is -0.123. The van der Waals surface area contributed by atoms with E-state index in [4.69, 9.17) is 9.47 Å². The third kappa shape index (κ3) is 3.75. The Kier molecular flexibility index (Phi) is 4.81. The second-order valence-corrected chi connectivity index (χ2v) is 7.20. The summed E-state index contributed by atoms with van der Waals surface area (Å²) in [6, 6.07) is 16.0. The van der Waals surface area contributed by atoms with E-state index in [-0.39, 0.29) is 24.8 Å². The summed E-state index contributed by atoms with van der Waals surface area (Å²) in [7, 11) is 0. The number of thioether (sulfide) groups is 1. The van der Waals surface area contributed by atoms with Crippen LogP contribution in [-0.4, -0.2) is 30.2 Å². The summed E-state index contributed by atoms with van der Waals surface area (Å²) in [6.45, 7) is 0.740. The molecule has 1 unspecified atom stereocenters. The fourth-order valence-electron chi connectivity index (χ4n) is 3.04. The number of carbonyl (C=O) groups is 1. The van der Waals surface area contributed by atoms with Crippen molar-refractivity contribution in [2.75, 3.05) is 18.3 Å². The van der Waals surface area contributed by atoms with Crippen molar-refractivity contribution in [2.45, 2.75) is 18.6 Å². The largest absolute Gasteiger partial charge is 0.454 e. The molecule has 2 aromatic rings. The van der Waals surface area contributed by atoms with Gasteiger partial charge in [-0.25, -0.2) is 0 Å². The molecule has 0 radical (unpaired) electrons. The van der Waals surface area contributed by atoms with Crippen molar-refractivity contribution in [2.24, 2.45) is 0 Å². The first kappa shape index (κ1) is 16.3. The van der Waals surface area contributed by atoms with Crippen molar-refractivity contribution in [3.63, 3.8) is 0 Å². The topological polar surface area (TPSA) is 59.6 Å². The van der Waals surface area contributed by atoms with Crippen LogP contribution in [-0.2, 0) is 11.3 Å². The van der Waals surface area contributed by atoms with E-state index in [9.17, 15) is 4.79 Å². The van der Waals surface area contributed by atoms with Gasteiger partial charge >= 0.3 is 0 Å². The molecule has 6 heteroatoms. The molecule has 5 nitrogen and oxygen atoms in total. The van der Waals surface area contributed by atoms with Gasteiger partial charge < -0.3 is 14.8 Å². The number of rotatable bonds is 4. The average molecular weight is 356 g/mol. The SMILES string of the molecule is O=C(NCc1ccc2c(c1)OCO2)[C@@H]1CSCC(c2ccccc2)N1. The molecule has 1 saturated heterocycles. The number of nitrogens with one attached hydrogen (secondary N) is 2. The van der Waals surface area contributed by atoms with Crippen LogP contribution in [0.2, 0.25) is 0 Å². The Balaban J connectivity index is 1.34. The molecule has 1 amide bonds. The highest BCUT2D eigenvalue weighted by Gasteiger charge is 2.27. The summed E-state index contributed by atoms with van der Waals surface area (Å²) in [5, 5.41) is 6.49. The number of hydrogen-bond donors (Lipinski definition) is 2. The van der Waals surface area contributed by atoms with Crippen molar-refractivity contribution in [3.05, 3.63) is 59.7 Å². The van der Waals surface area contributed by atoms with Crippen molar-refractivity contribution in [1.82, 2.24) is 10.6 Å². The summed E-state index contributed by atoms with van der Waals surface area (Å²) in [5.74, 6) is 3.30. The van der Waals surface area contributed by atoms with Gasteiger partial charge in [-0.3, -0.25) is 10.1 Å². The molecule has 0 aliphatic carbocycles. The van der Waals surface area contributed by atoms with E-state index in [2.05, 4.69) is 22.8 Å². The molecule has 2 N–H and O–H groups in total. The summed E-state index contributed by atoms with van der Waals surface area (Å²) in [6.07, 6.45) is 0. The van der Waals surface area contributed by atoms with Crippen LogP contribution in [0.4, 0.5) is 0 Å². The minimum Gasteiger partial charge on any atom is -0.454 e. The lowest BCUT2D eigenvalue weighted by Gasteiger charge is -2.30. The van der Waals surface area contributed by atoms with Crippen molar-refractivity contribution in [1.29, 1.82) is 0 Å². The minimum absolute atomic E-state index is 0.0331. The zero-order valence-corrected chi connectivity index (χ0v) is 14.6. The molecule has 0 saturated carbocycles. The van der Waals surface area contributed by atoms with Gasteiger partial charge in [-0.15, -0.1) is 0 Å². The highest BCUT2D eigenvalue weighted by atomic mass is 32.2. The molecule has 2 atom stereocenters. The maximum absolute atomic E-state index is 12.5. The predicted octanol–water partition coefficient (Wildman–Crippen LogP) is 2.48. The predicted molar refractivity (Wildman–Crippen MR) is 97.8 cm³/mol. The Morgan fingerprint density at radius 3 is 2.84 bits per heavy atom. The molecule has 2 aromatic carbocycles. The van der Waals surface area contributed by atoms with Crippen LogP contribution >= 0.6 is 11.8 Å². The Morgan fingerprint density at radius 2 is 1.96 bits per heavy atom. The maximum Gasteiger partial charge on any atom is 0.238 e. The Bertz CT molecular complexity index is 754. The van der Waals surface area contributed by atoms with Gasteiger partial charge in [0, 0.05) is 24.1 Å². The van der Waals surface area contributed by atoms with E-state index in [0.29, 0.717) is 6.54 Å². The third-order valence-electron chi connectivity index (χ3n) is 4.39. The fourth-order valence-corrected chi connectivity index (χ4v) is 4.18. The second kappa shape index (κ2) is 7.37. The smallest absolute Gasteiger partial charge is 0.238 e. The molecule has 130 valence electrons. The van der Waals surface area contributed by atoms with E-state index in [0.717, 1.165) is 28.6 Å². The molecule has 4 rings (SSSR count). The normalized spacial score (nSPS) is 21.8. The highest BCUT2D eigenvalue weighted by Crippen LogP contribution is 2.32. The summed E-state index contributed by atoms with van der Waals surface area (Å²) in [4.78, 5) is 12.5. The summed E-state index contributed by atoms with van der Waals surface area (Å²) < 4.78 is 10.7. The number of hydrogen-bond acceptors (Lipinski definition) is 5. The van der Waals surface area contributed by atoms with Crippen LogP contribution in [0.15, 0.2) is 48.5 Å². The first-order chi connectivity index (χ1) is 12.3. The Morgan fingerprint density at radius 1 is 1.12 bits per heavy atom. The van der Waals surface area contributed by atoms with Gasteiger partial charge in [0.1, 0.15) is 0 Å². The molecule has 0 spiro atoms. The second-order valence-electron chi connectivity index (χ2n) is 6.13. The van der Waals surface area contributed by atoms with Gasteiger partial charge in [-0.1, -0.05) is 36.4 Å². The minimum atomic E-state index is -0.182. The zero-order valence-electron chi connectivity index (χ0n) is 13.7. The first-order valence-corrected chi connectivity index (χ1v) is 9.50. The van der Waals surface area contributed by atoms with E-state index in [1.54, 1.807) is 0 Å². The highest BCUT2D eigenvalue weighted by molar-refractivity contribution is 7.99. The first-order valence-electron chi connectivity index (χ1n) is 8.34. The molecular weight excluding hydrogens is 336 g/mol. The van der Waals surface area contributed by atoms with E-state index < -0.39 is 0 Å². The van der Waals surface area contributed by atoms with Crippen molar-refractivity contribution >= 4 is 17.7 Å². The Hall–Kier alpha value is -2.18. The zero-order chi connectivity index (χ0) is 17.1. The van der Waals surface area contributed by atoms with Crippen molar-refractivity contribution in [3.8, 4) is 11.5 Å². The van der Waals surface area contributed by atoms with Crippen molar-refractivity contribution < 1.29 is 14.3 Å². The van der Waals surface area contributed by atoms with E-state index in [1.165, 1.54) is 5.56 Å². The molecular formula is C19H20N2O3S. The molecule has 0 aromatic heterocycles. The molecule has 1 fully saturated rings. The third-order valence-corrected chi connectivity index (χ3v) is 5.53. The molecule has 2 aliphatic rings. The van der Waals surface area contributed by atoms with Gasteiger partial charge in [0.05, 0.1) is 6.04 Å². The molecule has 0 bridgehead atoms. The number of carbonyl (C=O) groups excluding carboxylic acids is 1. The van der Waals surface area contributed by atoms with Crippen LogP contribution in [0.25, 0.3) is 0 Å². The lowest BCUT2D eigenvalue weighted by atomic mass is 10.1. The summed E-state index contributed by atoms with van der Waals surface area (Å²) in [5.41, 5.74) is 2.23. The van der Waals surface area contributed by atoms with Crippen LogP contribution < -0.4 is 20.1 Å². The van der Waals surface area contributed by atoms with Crippen LogP contribution in [0.5, 0.6) is 11.5 Å².